The van der Waals surface area contributed by atoms with E-state index in [-0.39, 0.29) is 35.7 Å². The maximum absolute atomic E-state index is 12.8. The average Bonchev–Trinajstić information content (AvgIpc) is 2.90. The smallest absolute Gasteiger partial charge is 0.310 e. The summed E-state index contributed by atoms with van der Waals surface area (Å²) in [5.74, 6) is -2.19. The summed E-state index contributed by atoms with van der Waals surface area (Å²) < 4.78 is 47.3. The van der Waals surface area contributed by atoms with E-state index in [0.29, 0.717) is 12.8 Å². The van der Waals surface area contributed by atoms with Gasteiger partial charge in [0, 0.05) is 12.3 Å². The molecule has 3 fully saturated rings. The highest BCUT2D eigenvalue weighted by Gasteiger charge is 2.66. The zero-order valence-corrected chi connectivity index (χ0v) is 15.2. The molecule has 24 heavy (non-hydrogen) atoms. The lowest BCUT2D eigenvalue weighted by molar-refractivity contribution is -0.153. The number of Topliss-reactive ketones (excluding diaryl/α,β-unsaturated/α-hetero) is 1. The molecular formula is C15H22O7S2. The number of hydrogen-bond acceptors (Lipinski definition) is 5. The van der Waals surface area contributed by atoms with E-state index in [4.69, 9.17) is 4.74 Å². The third-order valence-electron chi connectivity index (χ3n) is 6.27. The van der Waals surface area contributed by atoms with E-state index in [0.717, 1.165) is 0 Å². The topological polar surface area (TPSA) is 118 Å². The fourth-order valence-electron chi connectivity index (χ4n) is 5.19. The van der Waals surface area contributed by atoms with Gasteiger partial charge in [-0.25, -0.2) is 8.42 Å². The summed E-state index contributed by atoms with van der Waals surface area (Å²) in [5.41, 5.74) is -1.01. The molecule has 2 saturated carbocycles. The van der Waals surface area contributed by atoms with Gasteiger partial charge in [-0.1, -0.05) is 6.92 Å². The second-order valence-electron chi connectivity index (χ2n) is 7.42. The molecule has 4 unspecified atom stereocenters. The van der Waals surface area contributed by atoms with E-state index < -0.39 is 50.8 Å². The Morgan fingerprint density at radius 1 is 1.25 bits per heavy atom. The van der Waals surface area contributed by atoms with Crippen LogP contribution in [0.1, 0.15) is 33.1 Å². The Balaban J connectivity index is 2.03. The second kappa shape index (κ2) is 6.26. The van der Waals surface area contributed by atoms with E-state index in [1.807, 2.05) is 6.92 Å². The van der Waals surface area contributed by atoms with E-state index in [9.17, 15) is 27.1 Å². The Morgan fingerprint density at radius 2 is 1.92 bits per heavy atom. The van der Waals surface area contributed by atoms with Crippen LogP contribution in [0.4, 0.5) is 0 Å². The molecule has 2 N–H and O–H groups in total. The highest BCUT2D eigenvalue weighted by molar-refractivity contribution is 7.80. The van der Waals surface area contributed by atoms with Crippen LogP contribution in [0.2, 0.25) is 0 Å². The van der Waals surface area contributed by atoms with Gasteiger partial charge in [-0.2, -0.15) is 0 Å². The lowest BCUT2D eigenvalue weighted by atomic mass is 9.68. The normalized spacial score (nSPS) is 47.5. The van der Waals surface area contributed by atoms with Gasteiger partial charge in [0.15, 0.2) is 22.2 Å². The number of rotatable bonds is 3. The molecular weight excluding hydrogens is 356 g/mol. The van der Waals surface area contributed by atoms with Gasteiger partial charge in [-0.05, 0) is 31.6 Å². The van der Waals surface area contributed by atoms with Crippen LogP contribution in [0.25, 0.3) is 0 Å². The third-order valence-corrected chi connectivity index (χ3v) is 7.89. The highest BCUT2D eigenvalue weighted by atomic mass is 32.2. The molecule has 9 atom stereocenters. The van der Waals surface area contributed by atoms with Crippen molar-refractivity contribution in [2.24, 2.45) is 29.1 Å². The summed E-state index contributed by atoms with van der Waals surface area (Å²) in [4.78, 5) is 25.0. The van der Waals surface area contributed by atoms with Gasteiger partial charge in [0.1, 0.15) is 11.9 Å². The fraction of sp³-hybridized carbons (Fsp3) is 0.867. The zero-order valence-electron chi connectivity index (χ0n) is 13.5. The number of ketones is 1. The highest BCUT2D eigenvalue weighted by Crippen LogP contribution is 2.57. The quantitative estimate of drug-likeness (QED) is 0.555. The van der Waals surface area contributed by atoms with Crippen molar-refractivity contribution in [3.63, 3.8) is 0 Å². The van der Waals surface area contributed by atoms with Crippen LogP contribution < -0.4 is 0 Å². The Labute approximate surface area is 145 Å². The monoisotopic (exact) mass is 378 g/mol. The number of hydrogen-bond donors (Lipinski definition) is 2. The van der Waals surface area contributed by atoms with Crippen molar-refractivity contribution in [1.29, 1.82) is 0 Å². The Hall–Kier alpha value is -0.640. The standard InChI is InChI=1S/C15H22O7S2/c1-7-3-4-8-9(6-23(18)19)14(17)22-13(8)15(2)11(16)5-10(12(7)15)24(20)21/h7-10,12-13H,3-6H2,1-2H3,(H,18,19)(H,20,21)/t7-,8-,9?,10?,12+,13+,15+/m0/s1. The first-order chi connectivity index (χ1) is 11.2. The number of carbonyl (C=O) groups is 2. The minimum atomic E-state index is -2.12. The fourth-order valence-corrected chi connectivity index (χ4v) is 6.98. The number of fused-ring (bicyclic) bond motifs is 3. The molecule has 0 aromatic heterocycles. The minimum Gasteiger partial charge on any atom is -0.461 e. The molecule has 0 radical (unpaired) electrons. The molecule has 136 valence electrons. The van der Waals surface area contributed by atoms with Gasteiger partial charge in [0.25, 0.3) is 0 Å². The molecule has 9 heteroatoms. The van der Waals surface area contributed by atoms with Crippen molar-refractivity contribution in [3.8, 4) is 0 Å². The number of carbonyl (C=O) groups excluding carboxylic acids is 2. The number of ether oxygens (including phenoxy) is 1. The van der Waals surface area contributed by atoms with Crippen LogP contribution >= 0.6 is 0 Å². The van der Waals surface area contributed by atoms with Gasteiger partial charge in [-0.3, -0.25) is 9.59 Å². The van der Waals surface area contributed by atoms with Gasteiger partial charge >= 0.3 is 5.97 Å². The first-order valence-corrected chi connectivity index (χ1v) is 10.5. The Kier molecular flexibility index (Phi) is 4.74. The van der Waals surface area contributed by atoms with Gasteiger partial charge in [-0.15, -0.1) is 0 Å². The van der Waals surface area contributed by atoms with Crippen molar-refractivity contribution < 1.29 is 31.8 Å². The first kappa shape index (κ1) is 18.2. The Morgan fingerprint density at radius 3 is 2.50 bits per heavy atom. The van der Waals surface area contributed by atoms with Crippen molar-refractivity contribution in [1.82, 2.24) is 0 Å². The van der Waals surface area contributed by atoms with E-state index in [1.54, 1.807) is 6.92 Å². The summed E-state index contributed by atoms with van der Waals surface area (Å²) in [6.45, 7) is 3.70. The maximum Gasteiger partial charge on any atom is 0.310 e. The lowest BCUT2D eigenvalue weighted by Crippen LogP contribution is -2.46. The summed E-state index contributed by atoms with van der Waals surface area (Å²) in [5, 5.41) is -0.652. The molecule has 1 aliphatic heterocycles. The summed E-state index contributed by atoms with van der Waals surface area (Å²) in [6, 6.07) is 0. The van der Waals surface area contributed by atoms with Gasteiger partial charge in [0.2, 0.25) is 0 Å². The van der Waals surface area contributed by atoms with Crippen molar-refractivity contribution in [2.45, 2.75) is 44.5 Å². The third kappa shape index (κ3) is 2.60. The minimum absolute atomic E-state index is 0.00594. The molecule has 3 aliphatic rings. The largest absolute Gasteiger partial charge is 0.461 e. The molecule has 0 aromatic rings. The van der Waals surface area contributed by atoms with Crippen LogP contribution in [0, 0.1) is 29.1 Å². The molecule has 0 aromatic carbocycles. The van der Waals surface area contributed by atoms with Crippen LogP contribution in [0.15, 0.2) is 0 Å². The van der Waals surface area contributed by atoms with Crippen LogP contribution in [0.3, 0.4) is 0 Å². The SMILES string of the molecule is C[C@H]1CC[C@H]2C(CS(=O)O)C(=O)O[C@H]2[C@]2(C)C(=O)CC(S(=O)O)[C@@H]12. The molecule has 1 heterocycles. The second-order valence-corrected chi connectivity index (χ2v) is 9.56. The van der Waals surface area contributed by atoms with Crippen LogP contribution in [0.5, 0.6) is 0 Å². The van der Waals surface area contributed by atoms with E-state index in [1.165, 1.54) is 0 Å². The van der Waals surface area contributed by atoms with Gasteiger partial charge in [0.05, 0.1) is 22.3 Å². The van der Waals surface area contributed by atoms with E-state index >= 15 is 0 Å². The Bertz CT molecular complexity index is 621. The lowest BCUT2D eigenvalue weighted by Gasteiger charge is -2.38. The van der Waals surface area contributed by atoms with E-state index in [2.05, 4.69) is 0 Å². The zero-order chi connectivity index (χ0) is 17.8. The molecule has 2 aliphatic carbocycles. The van der Waals surface area contributed by atoms with Crippen molar-refractivity contribution >= 4 is 33.9 Å². The summed E-state index contributed by atoms with van der Waals surface area (Å²) >= 11 is -4.24. The molecule has 1 saturated heterocycles. The predicted octanol–water partition coefficient (Wildman–Crippen LogP) is 0.981. The first-order valence-electron chi connectivity index (χ1n) is 8.08. The maximum atomic E-state index is 12.8. The molecule has 0 spiro atoms. The van der Waals surface area contributed by atoms with Gasteiger partial charge < -0.3 is 13.8 Å². The van der Waals surface area contributed by atoms with Crippen molar-refractivity contribution in [2.75, 3.05) is 5.75 Å². The van der Waals surface area contributed by atoms with Crippen LogP contribution in [-0.4, -0.2) is 46.4 Å². The van der Waals surface area contributed by atoms with Crippen molar-refractivity contribution in [3.05, 3.63) is 0 Å². The average molecular weight is 378 g/mol. The molecule has 7 nitrogen and oxygen atoms in total. The molecule has 0 amide bonds. The summed E-state index contributed by atoms with van der Waals surface area (Å²) in [7, 11) is 0. The molecule has 0 bridgehead atoms. The molecule has 3 rings (SSSR count). The summed E-state index contributed by atoms with van der Waals surface area (Å²) in [6.07, 6.45) is 0.609. The predicted molar refractivity (Wildman–Crippen MR) is 86.7 cm³/mol. The number of esters is 1. The van der Waals surface area contributed by atoms with Crippen LogP contribution in [-0.2, 0) is 36.5 Å².